The fourth-order valence-corrected chi connectivity index (χ4v) is 3.83. The summed E-state index contributed by atoms with van der Waals surface area (Å²) in [7, 11) is 0. The number of para-hydroxylation sites is 1. The van der Waals surface area contributed by atoms with Gasteiger partial charge in [0.15, 0.2) is 0 Å². The van der Waals surface area contributed by atoms with E-state index >= 15 is 0 Å². The summed E-state index contributed by atoms with van der Waals surface area (Å²) in [6.45, 7) is 1.79. The molecule has 2 aliphatic rings. The van der Waals surface area contributed by atoms with E-state index in [0.717, 1.165) is 0 Å². The first-order valence-electron chi connectivity index (χ1n) is 8.81. The van der Waals surface area contributed by atoms with Gasteiger partial charge in [0.2, 0.25) is 0 Å². The number of piperidine rings is 1. The molecule has 2 aromatic rings. The number of benzene rings is 2. The minimum Gasteiger partial charge on any atom is -0.362 e. The second-order valence-electron chi connectivity index (χ2n) is 6.99. The molecule has 1 saturated heterocycles. The van der Waals surface area contributed by atoms with Crippen LogP contribution in [0.1, 0.15) is 28.8 Å². The van der Waals surface area contributed by atoms with Crippen LogP contribution in [-0.2, 0) is 6.54 Å². The van der Waals surface area contributed by atoms with Crippen LogP contribution in [0.25, 0.3) is 0 Å². The highest BCUT2D eigenvalue weighted by molar-refractivity contribution is 6.02. The number of nitrogens with one attached hydrogen (secondary N) is 2. The molecular formula is C19H19FN4O3. The number of carbonyl (C=O) groups excluding carboxylic acids is 1. The monoisotopic (exact) mass is 370 g/mol. The smallest absolute Gasteiger partial charge is 0.273 e. The molecule has 2 N–H and O–H groups in total. The number of fused-ring (bicyclic) bond motifs is 1. The van der Waals surface area contributed by atoms with Gasteiger partial charge in [-0.15, -0.1) is 0 Å². The topological polar surface area (TPSA) is 87.5 Å². The number of hydrogen-bond acceptors (Lipinski definition) is 5. The first kappa shape index (κ1) is 17.4. The van der Waals surface area contributed by atoms with Crippen molar-refractivity contribution in [3.8, 4) is 0 Å². The number of nitro groups is 1. The van der Waals surface area contributed by atoms with Crippen molar-refractivity contribution >= 4 is 17.3 Å². The Kier molecular flexibility index (Phi) is 4.27. The highest BCUT2D eigenvalue weighted by Crippen LogP contribution is 2.33. The second kappa shape index (κ2) is 6.62. The van der Waals surface area contributed by atoms with E-state index in [1.54, 1.807) is 30.3 Å². The highest BCUT2D eigenvalue weighted by Gasteiger charge is 2.41. The fourth-order valence-electron chi connectivity index (χ4n) is 3.83. The average molecular weight is 370 g/mol. The van der Waals surface area contributed by atoms with Gasteiger partial charge in [-0.1, -0.05) is 24.3 Å². The second-order valence-corrected chi connectivity index (χ2v) is 6.99. The maximum absolute atomic E-state index is 13.9. The molecule has 2 aliphatic heterocycles. The summed E-state index contributed by atoms with van der Waals surface area (Å²) in [5.74, 6) is -0.949. The van der Waals surface area contributed by atoms with Crippen molar-refractivity contribution in [2.24, 2.45) is 0 Å². The van der Waals surface area contributed by atoms with Crippen molar-refractivity contribution in [3.63, 3.8) is 0 Å². The van der Waals surface area contributed by atoms with Gasteiger partial charge in [0.25, 0.3) is 11.6 Å². The van der Waals surface area contributed by atoms with Crippen molar-refractivity contribution < 1.29 is 14.1 Å². The zero-order valence-electron chi connectivity index (χ0n) is 14.6. The van der Waals surface area contributed by atoms with Gasteiger partial charge < -0.3 is 10.6 Å². The Labute approximate surface area is 155 Å². The van der Waals surface area contributed by atoms with Gasteiger partial charge in [0.1, 0.15) is 11.5 Å². The Morgan fingerprint density at radius 1 is 1.11 bits per heavy atom. The van der Waals surface area contributed by atoms with Crippen LogP contribution >= 0.6 is 0 Å². The van der Waals surface area contributed by atoms with Gasteiger partial charge in [-0.25, -0.2) is 4.39 Å². The molecule has 2 aromatic carbocycles. The molecule has 140 valence electrons. The van der Waals surface area contributed by atoms with Crippen LogP contribution in [0, 0.1) is 15.9 Å². The van der Waals surface area contributed by atoms with E-state index in [1.807, 2.05) is 0 Å². The van der Waals surface area contributed by atoms with Crippen LogP contribution in [0.3, 0.4) is 0 Å². The molecule has 0 radical (unpaired) electrons. The first-order chi connectivity index (χ1) is 13.0. The molecule has 0 aliphatic carbocycles. The quantitative estimate of drug-likeness (QED) is 0.641. The number of carbonyl (C=O) groups is 1. The van der Waals surface area contributed by atoms with Crippen LogP contribution in [0.4, 0.5) is 15.8 Å². The van der Waals surface area contributed by atoms with E-state index in [1.165, 1.54) is 12.1 Å². The summed E-state index contributed by atoms with van der Waals surface area (Å²) >= 11 is 0. The standard InChI is InChI=1S/C19H19FN4O3/c20-14-5-3-6-15-17(14)18(25)22-19(21-15)8-10-23(11-9-19)12-13-4-1-2-7-16(13)24(26)27/h1-7,21H,8-12H2,(H,22,25). The van der Waals surface area contributed by atoms with Crippen molar-refractivity contribution in [1.82, 2.24) is 10.2 Å². The first-order valence-corrected chi connectivity index (χ1v) is 8.81. The number of anilines is 1. The molecule has 0 aromatic heterocycles. The minimum absolute atomic E-state index is 0.0467. The van der Waals surface area contributed by atoms with Gasteiger partial charge in [-0.3, -0.25) is 19.8 Å². The zero-order valence-corrected chi connectivity index (χ0v) is 14.6. The van der Waals surface area contributed by atoms with Gasteiger partial charge in [0.05, 0.1) is 16.2 Å². The summed E-state index contributed by atoms with van der Waals surface area (Å²) < 4.78 is 13.9. The lowest BCUT2D eigenvalue weighted by Crippen LogP contribution is -2.62. The normalized spacial score (nSPS) is 18.5. The molecule has 0 atom stereocenters. The third-order valence-corrected chi connectivity index (χ3v) is 5.26. The molecule has 1 spiro atoms. The summed E-state index contributed by atoms with van der Waals surface area (Å²) in [5.41, 5.74) is 0.728. The lowest BCUT2D eigenvalue weighted by atomic mass is 9.92. The molecule has 0 bridgehead atoms. The molecule has 4 rings (SSSR count). The number of likely N-dealkylation sites (tertiary alicyclic amines) is 1. The number of halogens is 1. The van der Waals surface area contributed by atoms with Gasteiger partial charge in [0, 0.05) is 44.1 Å². The van der Waals surface area contributed by atoms with Crippen molar-refractivity contribution in [1.29, 1.82) is 0 Å². The van der Waals surface area contributed by atoms with Gasteiger partial charge >= 0.3 is 0 Å². The van der Waals surface area contributed by atoms with E-state index < -0.39 is 17.4 Å². The SMILES string of the molecule is O=C1NC2(CCN(Cc3ccccc3[N+](=O)[O-])CC2)Nc2cccc(F)c21. The number of rotatable bonds is 3. The average Bonchev–Trinajstić information content (AvgIpc) is 2.64. The van der Waals surface area contributed by atoms with E-state index in [2.05, 4.69) is 15.5 Å². The van der Waals surface area contributed by atoms with Gasteiger partial charge in [-0.05, 0) is 12.1 Å². The number of nitrogens with zero attached hydrogens (tertiary/aromatic N) is 2. The third kappa shape index (κ3) is 3.23. The number of hydrogen-bond donors (Lipinski definition) is 2. The van der Waals surface area contributed by atoms with Crippen LogP contribution in [0.5, 0.6) is 0 Å². The van der Waals surface area contributed by atoms with Crippen molar-refractivity contribution in [3.05, 3.63) is 69.5 Å². The molecule has 0 unspecified atom stereocenters. The van der Waals surface area contributed by atoms with E-state index in [9.17, 15) is 19.3 Å². The van der Waals surface area contributed by atoms with Gasteiger partial charge in [-0.2, -0.15) is 0 Å². The maximum Gasteiger partial charge on any atom is 0.273 e. The Hall–Kier alpha value is -3.00. The molecule has 0 saturated carbocycles. The molecule has 7 nitrogen and oxygen atoms in total. The summed E-state index contributed by atoms with van der Waals surface area (Å²) in [4.78, 5) is 25.3. The summed E-state index contributed by atoms with van der Waals surface area (Å²) in [5, 5.41) is 17.4. The van der Waals surface area contributed by atoms with Crippen LogP contribution < -0.4 is 10.6 Å². The Balaban J connectivity index is 1.47. The third-order valence-electron chi connectivity index (χ3n) is 5.26. The summed E-state index contributed by atoms with van der Waals surface area (Å²) in [6.07, 6.45) is 1.24. The van der Waals surface area contributed by atoms with Crippen LogP contribution in [0.15, 0.2) is 42.5 Å². The van der Waals surface area contributed by atoms with E-state index in [4.69, 9.17) is 0 Å². The van der Waals surface area contributed by atoms with E-state index in [-0.39, 0.29) is 16.2 Å². The molecule has 1 amide bonds. The van der Waals surface area contributed by atoms with Crippen LogP contribution in [-0.4, -0.2) is 34.5 Å². The molecular weight excluding hydrogens is 351 g/mol. The molecule has 8 heteroatoms. The predicted molar refractivity (Wildman–Crippen MR) is 97.8 cm³/mol. The Morgan fingerprint density at radius 3 is 2.59 bits per heavy atom. The Bertz CT molecular complexity index is 910. The lowest BCUT2D eigenvalue weighted by Gasteiger charge is -2.45. The van der Waals surface area contributed by atoms with Crippen LogP contribution in [0.2, 0.25) is 0 Å². The molecule has 27 heavy (non-hydrogen) atoms. The van der Waals surface area contributed by atoms with Crippen molar-refractivity contribution in [2.45, 2.75) is 25.0 Å². The predicted octanol–water partition coefficient (Wildman–Crippen LogP) is 2.88. The summed E-state index contributed by atoms with van der Waals surface area (Å²) in [6, 6.07) is 11.3. The highest BCUT2D eigenvalue weighted by atomic mass is 19.1. The zero-order chi connectivity index (χ0) is 19.0. The number of amides is 1. The largest absolute Gasteiger partial charge is 0.362 e. The maximum atomic E-state index is 13.9. The molecule has 1 fully saturated rings. The Morgan fingerprint density at radius 2 is 1.85 bits per heavy atom. The lowest BCUT2D eigenvalue weighted by molar-refractivity contribution is -0.385. The minimum atomic E-state index is -0.614. The number of nitro benzene ring substituents is 1. The molecule has 2 heterocycles. The fraction of sp³-hybridized carbons (Fsp3) is 0.316. The van der Waals surface area contributed by atoms with E-state index in [0.29, 0.717) is 43.7 Å². The van der Waals surface area contributed by atoms with Crippen molar-refractivity contribution in [2.75, 3.05) is 18.4 Å².